The average molecular weight is 215 g/mol. The lowest BCUT2D eigenvalue weighted by Gasteiger charge is -2.11. The van der Waals surface area contributed by atoms with E-state index in [9.17, 15) is 9.13 Å². The molecular weight excluding hydrogens is 202 g/mol. The van der Waals surface area contributed by atoms with Crippen LogP contribution in [0.25, 0.3) is 0 Å². The van der Waals surface area contributed by atoms with Crippen molar-refractivity contribution in [2.75, 3.05) is 21.3 Å². The minimum atomic E-state index is -3.25. The summed E-state index contributed by atoms with van der Waals surface area (Å²) in [7, 11) is -1.47. The Morgan fingerprint density at radius 1 is 1.25 bits per heavy atom. The molecule has 0 N–H and O–H groups in total. The van der Waals surface area contributed by atoms with Gasteiger partial charge in [0.25, 0.3) is 5.40 Å². The Bertz CT molecular complexity index is 196. The molecule has 0 aliphatic heterocycles. The van der Waals surface area contributed by atoms with Crippen molar-refractivity contribution in [2.24, 2.45) is 0 Å². The van der Waals surface area contributed by atoms with Gasteiger partial charge in [-0.3, -0.25) is 4.57 Å². The van der Waals surface area contributed by atoms with Gasteiger partial charge in [-0.1, -0.05) is 0 Å². The highest BCUT2D eigenvalue weighted by atomic mass is 31.2. The molecule has 0 spiro atoms. The highest BCUT2D eigenvalue weighted by Gasteiger charge is 2.46. The van der Waals surface area contributed by atoms with Crippen LogP contribution in [0, 0.1) is 0 Å². The molecule has 2 unspecified atom stereocenters. The fraction of sp³-hybridized carbons (Fsp3) is 1.00. The summed E-state index contributed by atoms with van der Waals surface area (Å²) in [6.45, 7) is 1.50. The van der Waals surface area contributed by atoms with E-state index in [0.29, 0.717) is 0 Å². The highest BCUT2D eigenvalue weighted by Crippen LogP contribution is 2.59. The van der Waals surface area contributed by atoms with Gasteiger partial charge in [-0.05, 0) is 11.5 Å². The van der Waals surface area contributed by atoms with Crippen LogP contribution in [0.4, 0.5) is 0 Å². The summed E-state index contributed by atoms with van der Waals surface area (Å²) >= 11 is 0. The summed E-state index contributed by atoms with van der Waals surface area (Å²) in [6.07, 6.45) is 0. The van der Waals surface area contributed by atoms with Crippen LogP contribution >= 0.6 is 15.6 Å². The van der Waals surface area contributed by atoms with E-state index in [2.05, 4.69) is 13.6 Å². The molecule has 0 bridgehead atoms. The summed E-state index contributed by atoms with van der Waals surface area (Å²) < 4.78 is 36.4. The SMILES string of the molecule is CO[P+](=O)C(C)P(=O)(OC)OC. The molecule has 0 radical (unpaired) electrons. The van der Waals surface area contributed by atoms with Crippen molar-refractivity contribution in [3.8, 4) is 0 Å². The zero-order chi connectivity index (χ0) is 9.78. The van der Waals surface area contributed by atoms with E-state index in [1.807, 2.05) is 0 Å². The first-order chi connectivity index (χ1) is 5.51. The molecule has 0 aromatic heterocycles. The Hall–Kier alpha value is 0.210. The smallest absolute Gasteiger partial charge is 0.309 e. The van der Waals surface area contributed by atoms with Gasteiger partial charge in [0.05, 0.1) is 7.11 Å². The third-order valence-corrected chi connectivity index (χ3v) is 5.77. The second kappa shape index (κ2) is 5.05. The molecule has 72 valence electrons. The molecule has 0 aliphatic rings. The quantitative estimate of drug-likeness (QED) is 0.658. The van der Waals surface area contributed by atoms with E-state index < -0.39 is 21.0 Å². The van der Waals surface area contributed by atoms with E-state index in [1.54, 1.807) is 0 Å². The standard InChI is InChI=1S/C5H13O5P2/c1-5(11(6)8-2)12(7,9-3)10-4/h5H,1-4H3/q+1. The molecule has 0 aliphatic carbocycles. The van der Waals surface area contributed by atoms with Crippen LogP contribution in [-0.4, -0.2) is 26.7 Å². The van der Waals surface area contributed by atoms with Gasteiger partial charge in [-0.25, -0.2) is 0 Å². The van der Waals surface area contributed by atoms with Crippen LogP contribution in [0.3, 0.4) is 0 Å². The van der Waals surface area contributed by atoms with Crippen molar-refractivity contribution in [1.29, 1.82) is 0 Å². The van der Waals surface area contributed by atoms with Crippen molar-refractivity contribution in [3.63, 3.8) is 0 Å². The summed E-state index contributed by atoms with van der Waals surface area (Å²) in [5, 5.41) is -0.743. The topological polar surface area (TPSA) is 61.8 Å². The van der Waals surface area contributed by atoms with Gasteiger partial charge in [0.15, 0.2) is 0 Å². The van der Waals surface area contributed by atoms with Crippen molar-refractivity contribution in [2.45, 2.75) is 12.3 Å². The highest BCUT2D eigenvalue weighted by molar-refractivity contribution is 7.67. The minimum Gasteiger partial charge on any atom is -0.309 e. The molecule has 0 rings (SSSR count). The van der Waals surface area contributed by atoms with E-state index >= 15 is 0 Å². The summed E-state index contributed by atoms with van der Waals surface area (Å²) in [5.41, 5.74) is 0. The number of hydrogen-bond donors (Lipinski definition) is 0. The zero-order valence-corrected chi connectivity index (χ0v) is 9.30. The van der Waals surface area contributed by atoms with Gasteiger partial charge >= 0.3 is 15.6 Å². The van der Waals surface area contributed by atoms with Crippen LogP contribution in [0.1, 0.15) is 6.92 Å². The Labute approximate surface area is 72.8 Å². The van der Waals surface area contributed by atoms with Gasteiger partial charge in [-0.2, -0.15) is 0 Å². The summed E-state index contributed by atoms with van der Waals surface area (Å²) in [4.78, 5) is 0. The zero-order valence-electron chi connectivity index (χ0n) is 7.51. The average Bonchev–Trinajstić information content (AvgIpc) is 2.14. The Balaban J connectivity index is 4.53. The van der Waals surface area contributed by atoms with Gasteiger partial charge < -0.3 is 9.05 Å². The van der Waals surface area contributed by atoms with E-state index in [4.69, 9.17) is 0 Å². The number of hydrogen-bond acceptors (Lipinski definition) is 5. The predicted octanol–water partition coefficient (Wildman–Crippen LogP) is 2.21. The molecule has 0 amide bonds. The van der Waals surface area contributed by atoms with Crippen molar-refractivity contribution < 1.29 is 22.7 Å². The molecule has 0 heterocycles. The van der Waals surface area contributed by atoms with E-state index in [0.717, 1.165) is 0 Å². The summed E-state index contributed by atoms with van der Waals surface area (Å²) in [5.74, 6) is 0. The molecule has 0 aromatic rings. The lowest BCUT2D eigenvalue weighted by molar-refractivity contribution is 0.272. The maximum absolute atomic E-state index is 11.5. The van der Waals surface area contributed by atoms with Crippen LogP contribution in [0.5, 0.6) is 0 Å². The van der Waals surface area contributed by atoms with E-state index in [-0.39, 0.29) is 0 Å². The van der Waals surface area contributed by atoms with Crippen molar-refractivity contribution >= 4 is 15.6 Å². The predicted molar refractivity (Wildman–Crippen MR) is 45.7 cm³/mol. The van der Waals surface area contributed by atoms with Gasteiger partial charge in [-0.15, -0.1) is 4.52 Å². The molecule has 0 saturated carbocycles. The second-order valence-electron chi connectivity index (χ2n) is 2.00. The fourth-order valence-corrected chi connectivity index (χ4v) is 3.48. The molecule has 7 heteroatoms. The molecule has 0 fully saturated rings. The summed E-state index contributed by atoms with van der Waals surface area (Å²) in [6, 6.07) is 0. The van der Waals surface area contributed by atoms with E-state index in [1.165, 1.54) is 28.3 Å². The Kier molecular flexibility index (Phi) is 5.14. The monoisotopic (exact) mass is 215 g/mol. The normalized spacial score (nSPS) is 15.8. The first-order valence-electron chi connectivity index (χ1n) is 3.23. The van der Waals surface area contributed by atoms with Crippen molar-refractivity contribution in [3.05, 3.63) is 0 Å². The van der Waals surface area contributed by atoms with Crippen molar-refractivity contribution in [1.82, 2.24) is 0 Å². The second-order valence-corrected chi connectivity index (χ2v) is 6.71. The fourth-order valence-electron chi connectivity index (χ4n) is 0.648. The third-order valence-electron chi connectivity index (χ3n) is 1.45. The largest absolute Gasteiger partial charge is 0.523 e. The molecule has 0 aromatic carbocycles. The van der Waals surface area contributed by atoms with Crippen LogP contribution in [0.2, 0.25) is 0 Å². The lowest BCUT2D eigenvalue weighted by Crippen LogP contribution is -2.02. The van der Waals surface area contributed by atoms with Gasteiger partial charge in [0.2, 0.25) is 0 Å². The van der Waals surface area contributed by atoms with Crippen LogP contribution in [0.15, 0.2) is 0 Å². The van der Waals surface area contributed by atoms with Gasteiger partial charge in [0, 0.05) is 14.2 Å². The van der Waals surface area contributed by atoms with Gasteiger partial charge in [0.1, 0.15) is 0 Å². The molecule has 12 heavy (non-hydrogen) atoms. The minimum absolute atomic E-state index is 0.743. The van der Waals surface area contributed by atoms with Crippen LogP contribution in [-0.2, 0) is 22.7 Å². The maximum atomic E-state index is 11.5. The molecule has 5 nitrogen and oxygen atoms in total. The molecular formula is C5H13O5P2+. The number of rotatable bonds is 5. The Morgan fingerprint density at radius 2 is 1.67 bits per heavy atom. The van der Waals surface area contributed by atoms with Crippen LogP contribution < -0.4 is 0 Å². The molecule has 2 atom stereocenters. The maximum Gasteiger partial charge on any atom is 0.523 e. The first-order valence-corrected chi connectivity index (χ1v) is 6.09. The Morgan fingerprint density at radius 3 is 1.92 bits per heavy atom. The lowest BCUT2D eigenvalue weighted by atomic mass is 11.0. The third kappa shape index (κ3) is 2.61. The molecule has 0 saturated heterocycles. The first kappa shape index (κ1) is 12.2.